The lowest BCUT2D eigenvalue weighted by Crippen LogP contribution is -2.48. The molecule has 0 amide bonds. The van der Waals surface area contributed by atoms with Crippen LogP contribution in [0, 0.1) is 11.2 Å². The monoisotopic (exact) mass is 300 g/mol. The van der Waals surface area contributed by atoms with E-state index in [0.29, 0.717) is 5.56 Å². The molecule has 1 aliphatic rings. The average molecular weight is 301 g/mol. The Labute approximate surface area is 124 Å². The summed E-state index contributed by atoms with van der Waals surface area (Å²) >= 11 is 5.86. The van der Waals surface area contributed by atoms with E-state index in [0.717, 1.165) is 26.2 Å². The Bertz CT molecular complexity index is 481. The molecule has 0 spiro atoms. The molecule has 1 heterocycles. The molecule has 20 heavy (non-hydrogen) atoms. The number of hydrogen-bond donors (Lipinski definition) is 2. The second-order valence-corrected chi connectivity index (χ2v) is 6.73. The third kappa shape index (κ3) is 3.08. The lowest BCUT2D eigenvalue weighted by molar-refractivity contribution is 0.0842. The van der Waals surface area contributed by atoms with Crippen molar-refractivity contribution in [3.63, 3.8) is 0 Å². The summed E-state index contributed by atoms with van der Waals surface area (Å²) in [6, 6.07) is 2.98. The first-order chi connectivity index (χ1) is 9.32. The number of rotatable bonds is 2. The van der Waals surface area contributed by atoms with Crippen LogP contribution < -0.4 is 5.32 Å². The van der Waals surface area contributed by atoms with Crippen LogP contribution in [0.2, 0.25) is 5.02 Å². The molecule has 1 saturated heterocycles. The van der Waals surface area contributed by atoms with Gasteiger partial charge >= 0.3 is 0 Å². The van der Waals surface area contributed by atoms with Crippen LogP contribution in [-0.4, -0.2) is 36.2 Å². The van der Waals surface area contributed by atoms with Crippen molar-refractivity contribution in [3.05, 3.63) is 28.5 Å². The van der Waals surface area contributed by atoms with Crippen LogP contribution >= 0.6 is 11.6 Å². The average Bonchev–Trinajstić information content (AvgIpc) is 2.39. The molecular formula is C15H22ClFN2O. The molecule has 0 aliphatic carbocycles. The summed E-state index contributed by atoms with van der Waals surface area (Å²) in [6.07, 6.45) is 0. The fourth-order valence-electron chi connectivity index (χ4n) is 2.93. The van der Waals surface area contributed by atoms with Crippen LogP contribution in [0.25, 0.3) is 0 Å². The smallest absolute Gasteiger partial charge is 0.145 e. The summed E-state index contributed by atoms with van der Waals surface area (Å²) in [6.45, 7) is 10.0. The topological polar surface area (TPSA) is 35.5 Å². The maximum absolute atomic E-state index is 13.4. The largest absolute Gasteiger partial charge is 0.506 e. The Balaban J connectivity index is 2.44. The minimum Gasteiger partial charge on any atom is -0.506 e. The lowest BCUT2D eigenvalue weighted by Gasteiger charge is -2.42. The third-order valence-electron chi connectivity index (χ3n) is 3.73. The highest BCUT2D eigenvalue weighted by Crippen LogP contribution is 2.44. The highest BCUT2D eigenvalue weighted by molar-refractivity contribution is 6.32. The minimum absolute atomic E-state index is 0.00250. The van der Waals surface area contributed by atoms with Gasteiger partial charge in [-0.15, -0.1) is 0 Å². The number of benzene rings is 1. The normalized spacial score (nSPS) is 19.1. The number of phenols is 1. The van der Waals surface area contributed by atoms with Gasteiger partial charge in [0.1, 0.15) is 16.6 Å². The third-order valence-corrected chi connectivity index (χ3v) is 4.09. The molecule has 1 fully saturated rings. The van der Waals surface area contributed by atoms with Crippen LogP contribution in [0.1, 0.15) is 32.4 Å². The van der Waals surface area contributed by atoms with Crippen molar-refractivity contribution in [2.45, 2.75) is 26.8 Å². The SMILES string of the molecule is CC(C)(C)[C@@H](c1ccc(F)c(Cl)c1O)N1CCNCC1. The molecule has 1 aromatic rings. The van der Waals surface area contributed by atoms with Gasteiger partial charge in [-0.1, -0.05) is 38.4 Å². The maximum atomic E-state index is 13.4. The molecule has 112 valence electrons. The lowest BCUT2D eigenvalue weighted by atomic mass is 9.80. The standard InChI is InChI=1S/C15H22ClFN2O/c1-15(2,3)14(19-8-6-18-7-9-19)10-4-5-11(17)12(16)13(10)20/h4-5,14,18,20H,6-9H2,1-3H3/t14-/m1/s1. The molecular weight excluding hydrogens is 279 g/mol. The molecule has 2 N–H and O–H groups in total. The van der Waals surface area contributed by atoms with Crippen molar-refractivity contribution in [1.29, 1.82) is 0 Å². The molecule has 1 aromatic carbocycles. The van der Waals surface area contributed by atoms with Crippen LogP contribution in [-0.2, 0) is 0 Å². The summed E-state index contributed by atoms with van der Waals surface area (Å²) in [4.78, 5) is 2.32. The van der Waals surface area contributed by atoms with E-state index in [9.17, 15) is 9.50 Å². The molecule has 0 bridgehead atoms. The Morgan fingerprint density at radius 1 is 1.30 bits per heavy atom. The zero-order valence-electron chi connectivity index (χ0n) is 12.2. The van der Waals surface area contributed by atoms with E-state index in [4.69, 9.17) is 11.6 Å². The summed E-state index contributed by atoms with van der Waals surface area (Å²) in [7, 11) is 0. The Morgan fingerprint density at radius 3 is 2.45 bits per heavy atom. The van der Waals surface area contributed by atoms with Gasteiger partial charge in [-0.3, -0.25) is 4.90 Å². The number of piperazine rings is 1. The Hall–Kier alpha value is -0.840. The van der Waals surface area contributed by atoms with Crippen molar-refractivity contribution in [3.8, 4) is 5.75 Å². The number of aromatic hydroxyl groups is 1. The molecule has 0 radical (unpaired) electrons. The second-order valence-electron chi connectivity index (χ2n) is 6.35. The van der Waals surface area contributed by atoms with Gasteiger partial charge in [-0.2, -0.15) is 0 Å². The summed E-state index contributed by atoms with van der Waals surface area (Å²) in [5, 5.41) is 13.4. The van der Waals surface area contributed by atoms with Crippen LogP contribution in [0.5, 0.6) is 5.75 Å². The van der Waals surface area contributed by atoms with E-state index >= 15 is 0 Å². The summed E-state index contributed by atoms with van der Waals surface area (Å²) < 4.78 is 13.4. The Kier molecular flexibility index (Phi) is 4.57. The van der Waals surface area contributed by atoms with Gasteiger partial charge in [0.2, 0.25) is 0 Å². The summed E-state index contributed by atoms with van der Waals surface area (Å²) in [5.41, 5.74) is 0.612. The quantitative estimate of drug-likeness (QED) is 0.880. The first-order valence-corrected chi connectivity index (χ1v) is 7.32. The highest BCUT2D eigenvalue weighted by Gasteiger charge is 2.35. The van der Waals surface area contributed by atoms with E-state index < -0.39 is 5.82 Å². The van der Waals surface area contributed by atoms with Gasteiger partial charge in [0, 0.05) is 37.8 Å². The molecule has 0 aromatic heterocycles. The fourth-order valence-corrected chi connectivity index (χ4v) is 3.10. The first kappa shape index (κ1) is 15.5. The number of hydrogen-bond acceptors (Lipinski definition) is 3. The zero-order chi connectivity index (χ0) is 14.9. The zero-order valence-corrected chi connectivity index (χ0v) is 13.0. The molecule has 1 aliphatic heterocycles. The first-order valence-electron chi connectivity index (χ1n) is 6.94. The highest BCUT2D eigenvalue weighted by atomic mass is 35.5. The van der Waals surface area contributed by atoms with Gasteiger partial charge < -0.3 is 10.4 Å². The van der Waals surface area contributed by atoms with Crippen LogP contribution in [0.3, 0.4) is 0 Å². The number of nitrogens with zero attached hydrogens (tertiary/aromatic N) is 1. The van der Waals surface area contributed by atoms with Crippen molar-refractivity contribution >= 4 is 11.6 Å². The fraction of sp³-hybridized carbons (Fsp3) is 0.600. The molecule has 5 heteroatoms. The minimum atomic E-state index is -0.583. The van der Waals surface area contributed by atoms with E-state index in [2.05, 4.69) is 31.0 Å². The van der Waals surface area contributed by atoms with Gasteiger partial charge in [0.25, 0.3) is 0 Å². The summed E-state index contributed by atoms with van der Waals surface area (Å²) in [5.74, 6) is -0.717. The van der Waals surface area contributed by atoms with Crippen molar-refractivity contribution in [1.82, 2.24) is 10.2 Å². The molecule has 2 rings (SSSR count). The number of halogens is 2. The number of nitrogens with one attached hydrogen (secondary N) is 1. The molecule has 0 saturated carbocycles. The van der Waals surface area contributed by atoms with Crippen LogP contribution in [0.4, 0.5) is 4.39 Å². The van der Waals surface area contributed by atoms with Gasteiger partial charge in [0.15, 0.2) is 0 Å². The molecule has 1 atom stereocenters. The van der Waals surface area contributed by atoms with E-state index in [1.807, 2.05) is 0 Å². The van der Waals surface area contributed by atoms with Crippen molar-refractivity contribution < 1.29 is 9.50 Å². The van der Waals surface area contributed by atoms with Gasteiger partial charge in [0.05, 0.1) is 0 Å². The predicted molar refractivity (Wildman–Crippen MR) is 79.7 cm³/mol. The van der Waals surface area contributed by atoms with E-state index in [1.165, 1.54) is 6.07 Å². The second kappa shape index (κ2) is 5.88. The van der Waals surface area contributed by atoms with E-state index in [-0.39, 0.29) is 22.2 Å². The maximum Gasteiger partial charge on any atom is 0.145 e. The Morgan fingerprint density at radius 2 is 1.90 bits per heavy atom. The number of phenolic OH excluding ortho intramolecular Hbond substituents is 1. The van der Waals surface area contributed by atoms with Gasteiger partial charge in [-0.25, -0.2) is 4.39 Å². The molecule has 3 nitrogen and oxygen atoms in total. The molecule has 0 unspecified atom stereocenters. The van der Waals surface area contributed by atoms with Crippen LogP contribution in [0.15, 0.2) is 12.1 Å². The van der Waals surface area contributed by atoms with Crippen molar-refractivity contribution in [2.75, 3.05) is 26.2 Å². The predicted octanol–water partition coefficient (Wildman–Crippen LogP) is 3.18. The van der Waals surface area contributed by atoms with Crippen molar-refractivity contribution in [2.24, 2.45) is 5.41 Å². The van der Waals surface area contributed by atoms with Gasteiger partial charge in [-0.05, 0) is 11.5 Å². The van der Waals surface area contributed by atoms with E-state index in [1.54, 1.807) is 6.07 Å².